The maximum atomic E-state index is 13.2. The smallest absolute Gasteiger partial charge is 0.321 e. The van der Waals surface area contributed by atoms with E-state index in [9.17, 15) is 9.59 Å². The fourth-order valence-corrected chi connectivity index (χ4v) is 4.85. The molecule has 8 heteroatoms. The molecule has 0 aromatic heterocycles. The lowest BCUT2D eigenvalue weighted by molar-refractivity contribution is -0.138. The Bertz CT molecular complexity index is 964. The minimum atomic E-state index is -0.190. The summed E-state index contributed by atoms with van der Waals surface area (Å²) >= 11 is 12.0. The number of amides is 3. The van der Waals surface area contributed by atoms with Crippen LogP contribution in [0.1, 0.15) is 18.4 Å². The molecule has 2 saturated heterocycles. The Balaban J connectivity index is 1.23. The summed E-state index contributed by atoms with van der Waals surface area (Å²) in [4.78, 5) is 31.8. The van der Waals surface area contributed by atoms with Crippen LogP contribution in [-0.4, -0.2) is 72.5 Å². The van der Waals surface area contributed by atoms with Gasteiger partial charge in [0.2, 0.25) is 5.91 Å². The highest BCUT2D eigenvalue weighted by Crippen LogP contribution is 2.25. The van der Waals surface area contributed by atoms with E-state index in [1.54, 1.807) is 23.1 Å². The normalized spacial score (nSPS) is 19.4. The number of hydrogen-bond donors (Lipinski definition) is 1. The number of urea groups is 1. The van der Waals surface area contributed by atoms with Crippen molar-refractivity contribution < 1.29 is 9.59 Å². The van der Waals surface area contributed by atoms with Gasteiger partial charge in [-0.2, -0.15) is 0 Å². The second kappa shape index (κ2) is 11.2. The van der Waals surface area contributed by atoms with Gasteiger partial charge in [-0.3, -0.25) is 4.79 Å². The highest BCUT2D eigenvalue weighted by molar-refractivity contribution is 6.42. The van der Waals surface area contributed by atoms with Crippen LogP contribution in [0.2, 0.25) is 10.0 Å². The molecule has 2 aromatic rings. The van der Waals surface area contributed by atoms with E-state index in [1.807, 2.05) is 11.0 Å². The molecule has 2 fully saturated rings. The zero-order valence-corrected chi connectivity index (χ0v) is 20.2. The SMILES string of the molecule is O=C(Nc1ccc(Cl)c(Cl)c1)N1CCN(C(=O)[C@H]2CCCN(CCc3ccccc3)C2)CC1. The molecule has 33 heavy (non-hydrogen) atoms. The van der Waals surface area contributed by atoms with Gasteiger partial charge in [-0.05, 0) is 49.6 Å². The van der Waals surface area contributed by atoms with Gasteiger partial charge in [-0.15, -0.1) is 0 Å². The van der Waals surface area contributed by atoms with Crippen LogP contribution in [0.5, 0.6) is 0 Å². The predicted octanol–water partition coefficient (Wildman–Crippen LogP) is 4.62. The van der Waals surface area contributed by atoms with Crippen molar-refractivity contribution in [1.29, 1.82) is 0 Å². The summed E-state index contributed by atoms with van der Waals surface area (Å²) in [5.41, 5.74) is 1.94. The van der Waals surface area contributed by atoms with Crippen LogP contribution in [0.3, 0.4) is 0 Å². The predicted molar refractivity (Wildman–Crippen MR) is 133 cm³/mol. The summed E-state index contributed by atoms with van der Waals surface area (Å²) in [6.45, 7) is 5.02. The number of rotatable bonds is 5. The Morgan fingerprint density at radius 3 is 2.36 bits per heavy atom. The van der Waals surface area contributed by atoms with Crippen molar-refractivity contribution in [3.05, 3.63) is 64.1 Å². The first-order valence-corrected chi connectivity index (χ1v) is 12.3. The van der Waals surface area contributed by atoms with Gasteiger partial charge in [-0.1, -0.05) is 53.5 Å². The Morgan fingerprint density at radius 1 is 0.909 bits per heavy atom. The van der Waals surface area contributed by atoms with Crippen molar-refractivity contribution in [2.45, 2.75) is 19.3 Å². The van der Waals surface area contributed by atoms with E-state index in [0.717, 1.165) is 38.9 Å². The van der Waals surface area contributed by atoms with Crippen molar-refractivity contribution in [2.75, 3.05) is 51.1 Å². The number of likely N-dealkylation sites (tertiary alicyclic amines) is 1. The van der Waals surface area contributed by atoms with Crippen molar-refractivity contribution in [3.63, 3.8) is 0 Å². The van der Waals surface area contributed by atoms with Crippen LogP contribution in [0.4, 0.5) is 10.5 Å². The first-order chi connectivity index (χ1) is 16.0. The van der Waals surface area contributed by atoms with Crippen LogP contribution in [0.15, 0.2) is 48.5 Å². The number of anilines is 1. The van der Waals surface area contributed by atoms with E-state index in [4.69, 9.17) is 23.2 Å². The lowest BCUT2D eigenvalue weighted by Gasteiger charge is -2.39. The van der Waals surface area contributed by atoms with Crippen LogP contribution in [0.25, 0.3) is 0 Å². The topological polar surface area (TPSA) is 55.9 Å². The average molecular weight is 489 g/mol. The summed E-state index contributed by atoms with van der Waals surface area (Å²) < 4.78 is 0. The van der Waals surface area contributed by atoms with Crippen molar-refractivity contribution in [1.82, 2.24) is 14.7 Å². The molecule has 3 amide bonds. The highest BCUT2D eigenvalue weighted by Gasteiger charge is 2.31. The molecule has 2 heterocycles. The molecule has 1 atom stereocenters. The molecule has 1 N–H and O–H groups in total. The number of nitrogens with one attached hydrogen (secondary N) is 1. The first-order valence-electron chi connectivity index (χ1n) is 11.6. The number of hydrogen-bond acceptors (Lipinski definition) is 3. The monoisotopic (exact) mass is 488 g/mol. The number of piperazine rings is 1. The van der Waals surface area contributed by atoms with E-state index >= 15 is 0 Å². The molecule has 6 nitrogen and oxygen atoms in total. The summed E-state index contributed by atoms with van der Waals surface area (Å²) in [5.74, 6) is 0.273. The number of carbonyl (C=O) groups is 2. The molecular weight excluding hydrogens is 459 g/mol. The van der Waals surface area contributed by atoms with Gasteiger partial charge in [0.25, 0.3) is 0 Å². The van der Waals surface area contributed by atoms with E-state index in [0.29, 0.717) is 41.9 Å². The summed E-state index contributed by atoms with van der Waals surface area (Å²) in [6, 6.07) is 15.3. The van der Waals surface area contributed by atoms with Gasteiger partial charge in [0.05, 0.1) is 16.0 Å². The largest absolute Gasteiger partial charge is 0.339 e. The Hall–Kier alpha value is -2.28. The fraction of sp³-hybridized carbons (Fsp3) is 0.440. The van der Waals surface area contributed by atoms with Crippen LogP contribution >= 0.6 is 23.2 Å². The molecule has 0 saturated carbocycles. The average Bonchev–Trinajstić information content (AvgIpc) is 2.85. The lowest BCUT2D eigenvalue weighted by atomic mass is 9.95. The second-order valence-corrected chi connectivity index (χ2v) is 9.56. The summed E-state index contributed by atoms with van der Waals surface area (Å²) in [7, 11) is 0. The highest BCUT2D eigenvalue weighted by atomic mass is 35.5. The minimum Gasteiger partial charge on any atom is -0.339 e. The third-order valence-electron chi connectivity index (χ3n) is 6.46. The molecule has 4 rings (SSSR count). The minimum absolute atomic E-state index is 0.0473. The maximum Gasteiger partial charge on any atom is 0.321 e. The zero-order valence-electron chi connectivity index (χ0n) is 18.7. The second-order valence-electron chi connectivity index (χ2n) is 8.75. The Kier molecular flexibility index (Phi) is 8.12. The molecule has 2 aliphatic heterocycles. The molecule has 0 radical (unpaired) electrons. The Labute approximate surface area is 205 Å². The van der Waals surface area contributed by atoms with Crippen molar-refractivity contribution in [3.8, 4) is 0 Å². The van der Waals surface area contributed by atoms with E-state index < -0.39 is 0 Å². The first kappa shape index (κ1) is 23.9. The number of carbonyl (C=O) groups excluding carboxylic acids is 2. The molecule has 0 spiro atoms. The molecule has 0 bridgehead atoms. The molecule has 2 aromatic carbocycles. The molecular formula is C25H30Cl2N4O2. The molecule has 176 valence electrons. The molecule has 2 aliphatic rings. The summed E-state index contributed by atoms with van der Waals surface area (Å²) in [5, 5.41) is 3.70. The van der Waals surface area contributed by atoms with E-state index in [-0.39, 0.29) is 17.9 Å². The van der Waals surface area contributed by atoms with E-state index in [1.165, 1.54) is 5.56 Å². The standard InChI is InChI=1S/C25H30Cl2N4O2/c26-22-9-8-21(17-23(22)27)28-25(33)31-15-13-30(14-16-31)24(32)20-7-4-11-29(18-20)12-10-19-5-2-1-3-6-19/h1-3,5-6,8-9,17,20H,4,7,10-16,18H2,(H,28,33)/t20-/m0/s1. The van der Waals surface area contributed by atoms with Crippen molar-refractivity contribution in [2.24, 2.45) is 5.92 Å². The number of piperidine rings is 1. The quantitative estimate of drug-likeness (QED) is 0.667. The lowest BCUT2D eigenvalue weighted by Crippen LogP contribution is -2.54. The zero-order chi connectivity index (χ0) is 23.2. The number of benzene rings is 2. The summed E-state index contributed by atoms with van der Waals surface area (Å²) in [6.07, 6.45) is 3.00. The van der Waals surface area contributed by atoms with Crippen molar-refractivity contribution >= 4 is 40.8 Å². The van der Waals surface area contributed by atoms with Gasteiger partial charge < -0.3 is 20.0 Å². The molecule has 0 aliphatic carbocycles. The van der Waals surface area contributed by atoms with Gasteiger partial charge >= 0.3 is 6.03 Å². The number of halogens is 2. The van der Waals surface area contributed by atoms with Gasteiger partial charge in [-0.25, -0.2) is 4.79 Å². The maximum absolute atomic E-state index is 13.2. The van der Waals surface area contributed by atoms with Gasteiger partial charge in [0.1, 0.15) is 0 Å². The Morgan fingerprint density at radius 2 is 1.64 bits per heavy atom. The van der Waals surface area contributed by atoms with Gasteiger partial charge in [0.15, 0.2) is 0 Å². The van der Waals surface area contributed by atoms with Crippen LogP contribution < -0.4 is 5.32 Å². The molecule has 0 unspecified atom stereocenters. The third kappa shape index (κ3) is 6.40. The fourth-order valence-electron chi connectivity index (χ4n) is 4.56. The van der Waals surface area contributed by atoms with Crippen LogP contribution in [-0.2, 0) is 11.2 Å². The third-order valence-corrected chi connectivity index (χ3v) is 7.20. The number of nitrogens with zero attached hydrogens (tertiary/aromatic N) is 3. The van der Waals surface area contributed by atoms with Crippen LogP contribution in [0, 0.1) is 5.92 Å². The van der Waals surface area contributed by atoms with Gasteiger partial charge in [0, 0.05) is 45.0 Å². The van der Waals surface area contributed by atoms with E-state index in [2.05, 4.69) is 34.5 Å².